The van der Waals surface area contributed by atoms with E-state index in [1.54, 1.807) is 0 Å². The number of nitrogens with zero attached hydrogens (tertiary/aromatic N) is 1. The van der Waals surface area contributed by atoms with Gasteiger partial charge < -0.3 is 10.1 Å². The highest BCUT2D eigenvalue weighted by Crippen LogP contribution is 2.32. The standard InChI is InChI=1S/C21H25F3N2O4S/c1-16-7-3-4-10-19(16)30-14-12-25-20(27)11-6-13-26(31(2,28)29)18-9-5-8-17(15-18)21(22,23)24/h3-5,7-10,15H,6,11-14H2,1-2H3,(H,25,27). The number of alkyl halides is 3. The second kappa shape index (κ2) is 10.5. The fourth-order valence-electron chi connectivity index (χ4n) is 2.87. The first-order chi connectivity index (χ1) is 14.5. The first-order valence-electron chi connectivity index (χ1n) is 9.58. The maximum absolute atomic E-state index is 12.9. The van der Waals surface area contributed by atoms with Crippen molar-refractivity contribution < 1.29 is 31.1 Å². The van der Waals surface area contributed by atoms with Crippen LogP contribution in [0, 0.1) is 6.92 Å². The van der Waals surface area contributed by atoms with Crippen molar-refractivity contribution in [1.29, 1.82) is 0 Å². The van der Waals surface area contributed by atoms with E-state index in [2.05, 4.69) is 5.32 Å². The molecule has 0 aliphatic heterocycles. The smallest absolute Gasteiger partial charge is 0.416 e. The van der Waals surface area contributed by atoms with Crippen LogP contribution in [0.5, 0.6) is 5.75 Å². The van der Waals surface area contributed by atoms with E-state index in [-0.39, 0.29) is 44.1 Å². The molecule has 0 saturated carbocycles. The van der Waals surface area contributed by atoms with Crippen LogP contribution in [0.15, 0.2) is 48.5 Å². The van der Waals surface area contributed by atoms with Crippen molar-refractivity contribution in [2.24, 2.45) is 0 Å². The number of anilines is 1. The van der Waals surface area contributed by atoms with E-state index in [1.807, 2.05) is 31.2 Å². The van der Waals surface area contributed by atoms with E-state index in [0.717, 1.165) is 40.1 Å². The van der Waals surface area contributed by atoms with Crippen LogP contribution in [-0.2, 0) is 21.0 Å². The Morgan fingerprint density at radius 3 is 2.48 bits per heavy atom. The molecule has 0 aromatic heterocycles. The van der Waals surface area contributed by atoms with Crippen molar-refractivity contribution in [3.63, 3.8) is 0 Å². The van der Waals surface area contributed by atoms with Gasteiger partial charge in [0.1, 0.15) is 12.4 Å². The number of hydrogen-bond donors (Lipinski definition) is 1. The summed E-state index contributed by atoms with van der Waals surface area (Å²) in [6, 6.07) is 11.6. The summed E-state index contributed by atoms with van der Waals surface area (Å²) in [7, 11) is -3.82. The van der Waals surface area contributed by atoms with Crippen molar-refractivity contribution in [2.75, 3.05) is 30.3 Å². The Morgan fingerprint density at radius 2 is 1.84 bits per heavy atom. The SMILES string of the molecule is Cc1ccccc1OCCNC(=O)CCCN(c1cccc(C(F)(F)F)c1)S(C)(=O)=O. The van der Waals surface area contributed by atoms with Crippen LogP contribution in [0.3, 0.4) is 0 Å². The number of amides is 1. The molecule has 0 saturated heterocycles. The van der Waals surface area contributed by atoms with Crippen LogP contribution in [-0.4, -0.2) is 40.3 Å². The first-order valence-corrected chi connectivity index (χ1v) is 11.4. The van der Waals surface area contributed by atoms with Crippen LogP contribution in [0.2, 0.25) is 0 Å². The van der Waals surface area contributed by atoms with Gasteiger partial charge in [-0.25, -0.2) is 8.42 Å². The zero-order chi connectivity index (χ0) is 23.1. The highest BCUT2D eigenvalue weighted by atomic mass is 32.2. The lowest BCUT2D eigenvalue weighted by Gasteiger charge is -2.23. The molecule has 0 spiro atoms. The zero-order valence-electron chi connectivity index (χ0n) is 17.3. The fourth-order valence-corrected chi connectivity index (χ4v) is 3.82. The molecule has 1 N–H and O–H groups in total. The average molecular weight is 459 g/mol. The lowest BCUT2D eigenvalue weighted by molar-refractivity contribution is -0.137. The molecule has 2 aromatic rings. The van der Waals surface area contributed by atoms with Gasteiger partial charge in [0.05, 0.1) is 24.1 Å². The number of para-hydroxylation sites is 1. The van der Waals surface area contributed by atoms with Crippen LogP contribution < -0.4 is 14.4 Å². The summed E-state index contributed by atoms with van der Waals surface area (Å²) < 4.78 is 69.4. The molecule has 2 aromatic carbocycles. The summed E-state index contributed by atoms with van der Waals surface area (Å²) in [5.74, 6) is 0.424. The van der Waals surface area contributed by atoms with Crippen molar-refractivity contribution in [2.45, 2.75) is 25.9 Å². The summed E-state index contributed by atoms with van der Waals surface area (Å²) in [6.45, 7) is 2.34. The minimum Gasteiger partial charge on any atom is -0.491 e. The Hall–Kier alpha value is -2.75. The van der Waals surface area contributed by atoms with E-state index in [0.29, 0.717) is 0 Å². The van der Waals surface area contributed by atoms with Gasteiger partial charge in [-0.15, -0.1) is 0 Å². The van der Waals surface area contributed by atoms with Crippen molar-refractivity contribution in [3.05, 3.63) is 59.7 Å². The van der Waals surface area contributed by atoms with Crippen LogP contribution in [0.25, 0.3) is 0 Å². The van der Waals surface area contributed by atoms with Gasteiger partial charge in [-0.2, -0.15) is 13.2 Å². The lowest BCUT2D eigenvalue weighted by atomic mass is 10.2. The molecule has 0 radical (unpaired) electrons. The molecule has 0 heterocycles. The Morgan fingerprint density at radius 1 is 1.13 bits per heavy atom. The van der Waals surface area contributed by atoms with Gasteiger partial charge in [0.2, 0.25) is 15.9 Å². The molecule has 2 rings (SSSR count). The normalized spacial score (nSPS) is 11.8. The molecule has 0 fully saturated rings. The molecule has 0 aliphatic carbocycles. The van der Waals surface area contributed by atoms with Gasteiger partial charge in [0, 0.05) is 13.0 Å². The second-order valence-electron chi connectivity index (χ2n) is 6.95. The van der Waals surface area contributed by atoms with Crippen molar-refractivity contribution >= 4 is 21.6 Å². The number of sulfonamides is 1. The number of ether oxygens (including phenoxy) is 1. The van der Waals surface area contributed by atoms with Gasteiger partial charge in [-0.3, -0.25) is 9.10 Å². The quantitative estimate of drug-likeness (QED) is 0.550. The van der Waals surface area contributed by atoms with E-state index in [9.17, 15) is 26.4 Å². The maximum atomic E-state index is 12.9. The van der Waals surface area contributed by atoms with E-state index < -0.39 is 21.8 Å². The number of benzene rings is 2. The number of aryl methyl sites for hydroxylation is 1. The Bertz CT molecular complexity index is 994. The number of carbonyl (C=O) groups excluding carboxylic acids is 1. The predicted molar refractivity (Wildman–Crippen MR) is 113 cm³/mol. The molecule has 170 valence electrons. The minimum absolute atomic E-state index is 0.0232. The molecule has 6 nitrogen and oxygen atoms in total. The number of hydrogen-bond acceptors (Lipinski definition) is 4. The number of halogens is 3. The van der Waals surface area contributed by atoms with Gasteiger partial charge in [0.15, 0.2) is 0 Å². The van der Waals surface area contributed by atoms with Gasteiger partial charge in [-0.1, -0.05) is 24.3 Å². The van der Waals surface area contributed by atoms with Crippen molar-refractivity contribution in [3.8, 4) is 5.75 Å². The first kappa shape index (κ1) is 24.5. The number of carbonyl (C=O) groups is 1. The fraction of sp³-hybridized carbons (Fsp3) is 0.381. The maximum Gasteiger partial charge on any atom is 0.416 e. The van der Waals surface area contributed by atoms with E-state index >= 15 is 0 Å². The Labute approximate surface area is 180 Å². The highest BCUT2D eigenvalue weighted by Gasteiger charge is 2.31. The number of rotatable bonds is 10. The Kier molecular flexibility index (Phi) is 8.32. The third-order valence-corrected chi connectivity index (χ3v) is 5.60. The molecule has 0 bridgehead atoms. The Balaban J connectivity index is 1.85. The topological polar surface area (TPSA) is 75.7 Å². The van der Waals surface area contributed by atoms with Gasteiger partial charge >= 0.3 is 6.18 Å². The van der Waals surface area contributed by atoms with Crippen LogP contribution in [0.4, 0.5) is 18.9 Å². The van der Waals surface area contributed by atoms with Gasteiger partial charge in [-0.05, 0) is 43.2 Å². The predicted octanol–water partition coefficient (Wildman–Crippen LogP) is 3.76. The van der Waals surface area contributed by atoms with E-state index in [4.69, 9.17) is 4.74 Å². The summed E-state index contributed by atoms with van der Waals surface area (Å²) in [5.41, 5.74) is -0.0568. The molecule has 0 atom stereocenters. The van der Waals surface area contributed by atoms with Crippen molar-refractivity contribution in [1.82, 2.24) is 5.32 Å². The summed E-state index contributed by atoms with van der Waals surface area (Å²) >= 11 is 0. The third kappa shape index (κ3) is 7.78. The monoisotopic (exact) mass is 458 g/mol. The molecular weight excluding hydrogens is 433 g/mol. The zero-order valence-corrected chi connectivity index (χ0v) is 18.1. The minimum atomic E-state index is -4.58. The highest BCUT2D eigenvalue weighted by molar-refractivity contribution is 7.92. The average Bonchev–Trinajstić information content (AvgIpc) is 2.68. The molecule has 10 heteroatoms. The van der Waals surface area contributed by atoms with Gasteiger partial charge in [0.25, 0.3) is 0 Å². The van der Waals surface area contributed by atoms with Crippen LogP contribution >= 0.6 is 0 Å². The molecule has 31 heavy (non-hydrogen) atoms. The van der Waals surface area contributed by atoms with E-state index in [1.165, 1.54) is 6.07 Å². The molecule has 0 aliphatic rings. The molecule has 0 unspecified atom stereocenters. The summed E-state index contributed by atoms with van der Waals surface area (Å²) in [6.07, 6.45) is -3.50. The third-order valence-electron chi connectivity index (χ3n) is 4.40. The van der Waals surface area contributed by atoms with Crippen LogP contribution in [0.1, 0.15) is 24.0 Å². The summed E-state index contributed by atoms with van der Waals surface area (Å²) in [5, 5.41) is 2.67. The molecule has 1 amide bonds. The lowest BCUT2D eigenvalue weighted by Crippen LogP contribution is -2.33. The second-order valence-corrected chi connectivity index (χ2v) is 8.86. The number of nitrogens with one attached hydrogen (secondary N) is 1. The largest absolute Gasteiger partial charge is 0.491 e. The molecular formula is C21H25F3N2O4S. The summed E-state index contributed by atoms with van der Waals surface area (Å²) in [4.78, 5) is 12.0.